The largest absolute Gasteiger partial charge is 0.497 e. The summed E-state index contributed by atoms with van der Waals surface area (Å²) in [5.74, 6) is 0.257. The van der Waals surface area contributed by atoms with Gasteiger partial charge in [-0.15, -0.1) is 0 Å². The van der Waals surface area contributed by atoms with Crippen molar-refractivity contribution >= 4 is 23.3 Å². The summed E-state index contributed by atoms with van der Waals surface area (Å²) in [6.07, 6.45) is 0. The van der Waals surface area contributed by atoms with Crippen molar-refractivity contribution in [1.29, 1.82) is 0 Å². The van der Waals surface area contributed by atoms with Crippen LogP contribution in [0.15, 0.2) is 42.5 Å². The van der Waals surface area contributed by atoms with Crippen LogP contribution < -0.4 is 20.7 Å². The summed E-state index contributed by atoms with van der Waals surface area (Å²) in [5, 5.41) is 7.89. The monoisotopic (exact) mass is 327 g/mol. The number of anilines is 2. The van der Waals surface area contributed by atoms with Gasteiger partial charge in [-0.3, -0.25) is 10.1 Å². The molecule has 0 saturated carbocycles. The Morgan fingerprint density at radius 1 is 1.08 bits per heavy atom. The Bertz CT molecular complexity index is 744. The Labute approximate surface area is 141 Å². The van der Waals surface area contributed by atoms with Crippen LogP contribution in [-0.2, 0) is 4.79 Å². The van der Waals surface area contributed by atoms with Crippen molar-refractivity contribution in [3.63, 3.8) is 0 Å². The molecule has 2 aromatic rings. The zero-order chi connectivity index (χ0) is 17.5. The quantitative estimate of drug-likeness (QED) is 0.788. The number of hydrogen-bond donors (Lipinski definition) is 3. The van der Waals surface area contributed by atoms with Gasteiger partial charge < -0.3 is 15.4 Å². The molecule has 2 rings (SSSR count). The van der Waals surface area contributed by atoms with Crippen LogP contribution in [0.2, 0.25) is 0 Å². The number of carbonyl (C=O) groups excluding carboxylic acids is 2. The van der Waals surface area contributed by atoms with Gasteiger partial charge in [0.2, 0.25) is 5.91 Å². The number of rotatable bonds is 5. The number of aryl methyl sites for hydroxylation is 2. The Morgan fingerprint density at radius 3 is 2.58 bits per heavy atom. The van der Waals surface area contributed by atoms with E-state index in [1.807, 2.05) is 50.2 Å². The Balaban J connectivity index is 1.84. The molecule has 0 unspecified atom stereocenters. The lowest BCUT2D eigenvalue weighted by atomic mass is 10.1. The molecule has 0 spiro atoms. The van der Waals surface area contributed by atoms with Crippen molar-refractivity contribution < 1.29 is 14.3 Å². The van der Waals surface area contributed by atoms with E-state index in [0.29, 0.717) is 11.4 Å². The number of benzene rings is 2. The lowest BCUT2D eigenvalue weighted by molar-refractivity contribution is -0.118. The number of ether oxygens (including phenoxy) is 1. The molecule has 0 atom stereocenters. The van der Waals surface area contributed by atoms with Crippen LogP contribution in [0.5, 0.6) is 5.75 Å². The number of urea groups is 1. The highest BCUT2D eigenvalue weighted by molar-refractivity contribution is 6.02. The maximum atomic E-state index is 11.9. The predicted octanol–water partition coefficient (Wildman–Crippen LogP) is 3.07. The summed E-state index contributed by atoms with van der Waals surface area (Å²) in [6, 6.07) is 12.3. The SMILES string of the molecule is COc1cccc(NCC(=O)NC(=O)Nc2ccc(C)cc2C)c1. The number of methoxy groups -OCH3 is 1. The molecule has 0 bridgehead atoms. The molecule has 0 aliphatic rings. The molecule has 0 radical (unpaired) electrons. The summed E-state index contributed by atoms with van der Waals surface area (Å²) in [6.45, 7) is 3.85. The van der Waals surface area contributed by atoms with E-state index < -0.39 is 11.9 Å². The Hall–Kier alpha value is -3.02. The molecule has 6 nitrogen and oxygen atoms in total. The lowest BCUT2D eigenvalue weighted by Crippen LogP contribution is -2.38. The number of amides is 3. The molecule has 3 amide bonds. The first-order valence-electron chi connectivity index (χ1n) is 7.54. The third-order valence-electron chi connectivity index (χ3n) is 3.41. The van der Waals surface area contributed by atoms with E-state index in [-0.39, 0.29) is 6.54 Å². The third kappa shape index (κ3) is 5.01. The standard InChI is InChI=1S/C18H21N3O3/c1-12-7-8-16(13(2)9-12)20-18(23)21-17(22)11-19-14-5-4-6-15(10-14)24-3/h4-10,19H,11H2,1-3H3,(H2,20,21,22,23). The van der Waals surface area contributed by atoms with Crippen molar-refractivity contribution in [3.05, 3.63) is 53.6 Å². The molecule has 0 aromatic heterocycles. The van der Waals surface area contributed by atoms with Crippen LogP contribution >= 0.6 is 0 Å². The highest BCUT2D eigenvalue weighted by Crippen LogP contribution is 2.17. The topological polar surface area (TPSA) is 79.5 Å². The van der Waals surface area contributed by atoms with Gasteiger partial charge in [-0.1, -0.05) is 23.8 Å². The van der Waals surface area contributed by atoms with Crippen LogP contribution in [0, 0.1) is 13.8 Å². The van der Waals surface area contributed by atoms with Gasteiger partial charge in [0.15, 0.2) is 0 Å². The van der Waals surface area contributed by atoms with Crippen LogP contribution in [0.1, 0.15) is 11.1 Å². The number of nitrogens with one attached hydrogen (secondary N) is 3. The second-order valence-electron chi connectivity index (χ2n) is 5.41. The van der Waals surface area contributed by atoms with Crippen LogP contribution in [0.3, 0.4) is 0 Å². The average Bonchev–Trinajstić information content (AvgIpc) is 2.56. The van der Waals surface area contributed by atoms with Gasteiger partial charge in [0, 0.05) is 17.4 Å². The van der Waals surface area contributed by atoms with Crippen LogP contribution in [-0.4, -0.2) is 25.6 Å². The van der Waals surface area contributed by atoms with Gasteiger partial charge in [-0.25, -0.2) is 4.79 Å². The van der Waals surface area contributed by atoms with Gasteiger partial charge in [-0.2, -0.15) is 0 Å². The minimum atomic E-state index is -0.556. The minimum Gasteiger partial charge on any atom is -0.497 e. The van der Waals surface area contributed by atoms with Crippen molar-refractivity contribution in [2.75, 3.05) is 24.3 Å². The molecule has 24 heavy (non-hydrogen) atoms. The molecule has 2 aromatic carbocycles. The molecule has 6 heteroatoms. The maximum Gasteiger partial charge on any atom is 0.325 e. The van der Waals surface area contributed by atoms with E-state index in [4.69, 9.17) is 4.74 Å². The summed E-state index contributed by atoms with van der Waals surface area (Å²) in [7, 11) is 1.57. The molecule has 3 N–H and O–H groups in total. The van der Waals surface area contributed by atoms with Crippen molar-refractivity contribution in [3.8, 4) is 5.75 Å². The summed E-state index contributed by atoms with van der Waals surface area (Å²) in [5.41, 5.74) is 3.45. The summed E-state index contributed by atoms with van der Waals surface area (Å²) in [4.78, 5) is 23.7. The predicted molar refractivity (Wildman–Crippen MR) is 94.6 cm³/mol. The smallest absolute Gasteiger partial charge is 0.325 e. The number of hydrogen-bond acceptors (Lipinski definition) is 4. The van der Waals surface area contributed by atoms with Crippen molar-refractivity contribution in [1.82, 2.24) is 5.32 Å². The van der Waals surface area contributed by atoms with E-state index in [9.17, 15) is 9.59 Å². The highest BCUT2D eigenvalue weighted by Gasteiger charge is 2.09. The number of imide groups is 1. The first-order valence-corrected chi connectivity index (χ1v) is 7.54. The third-order valence-corrected chi connectivity index (χ3v) is 3.41. The molecule has 0 aliphatic carbocycles. The second-order valence-corrected chi connectivity index (χ2v) is 5.41. The fraction of sp³-hybridized carbons (Fsp3) is 0.222. The van der Waals surface area contributed by atoms with E-state index in [2.05, 4.69) is 16.0 Å². The fourth-order valence-electron chi connectivity index (χ4n) is 2.19. The Kier molecular flexibility index (Phi) is 5.78. The van der Waals surface area contributed by atoms with E-state index in [1.165, 1.54) is 0 Å². The van der Waals surface area contributed by atoms with Gasteiger partial charge in [0.1, 0.15) is 5.75 Å². The first kappa shape index (κ1) is 17.3. The van der Waals surface area contributed by atoms with Gasteiger partial charge >= 0.3 is 6.03 Å². The van der Waals surface area contributed by atoms with Crippen LogP contribution in [0.25, 0.3) is 0 Å². The molecule has 0 saturated heterocycles. The van der Waals surface area contributed by atoms with E-state index in [1.54, 1.807) is 13.2 Å². The molecular weight excluding hydrogens is 306 g/mol. The number of carbonyl (C=O) groups is 2. The maximum absolute atomic E-state index is 11.9. The fourth-order valence-corrected chi connectivity index (χ4v) is 2.19. The van der Waals surface area contributed by atoms with E-state index >= 15 is 0 Å². The van der Waals surface area contributed by atoms with Gasteiger partial charge in [0.25, 0.3) is 0 Å². The van der Waals surface area contributed by atoms with Crippen molar-refractivity contribution in [2.45, 2.75) is 13.8 Å². The normalized spacial score (nSPS) is 9.96. The lowest BCUT2D eigenvalue weighted by Gasteiger charge is -2.11. The summed E-state index contributed by atoms with van der Waals surface area (Å²) >= 11 is 0. The first-order chi connectivity index (χ1) is 11.5. The Morgan fingerprint density at radius 2 is 1.88 bits per heavy atom. The molecule has 0 heterocycles. The minimum absolute atomic E-state index is 0.0204. The zero-order valence-electron chi connectivity index (χ0n) is 14.0. The zero-order valence-corrected chi connectivity index (χ0v) is 14.0. The molecule has 0 aliphatic heterocycles. The average molecular weight is 327 g/mol. The van der Waals surface area contributed by atoms with Gasteiger partial charge in [0.05, 0.1) is 13.7 Å². The molecular formula is C18H21N3O3. The highest BCUT2D eigenvalue weighted by atomic mass is 16.5. The second kappa shape index (κ2) is 8.01. The van der Waals surface area contributed by atoms with E-state index in [0.717, 1.165) is 16.8 Å². The van der Waals surface area contributed by atoms with Crippen molar-refractivity contribution in [2.24, 2.45) is 0 Å². The van der Waals surface area contributed by atoms with Crippen LogP contribution in [0.4, 0.5) is 16.2 Å². The van der Waals surface area contributed by atoms with Gasteiger partial charge in [-0.05, 0) is 37.6 Å². The molecule has 0 fully saturated rings. The summed E-state index contributed by atoms with van der Waals surface area (Å²) < 4.78 is 5.11. The molecule has 126 valence electrons.